The number of nitrogens with zero attached hydrogens (tertiary/aromatic N) is 3. The average molecular weight is 314 g/mol. The van der Waals surface area contributed by atoms with Gasteiger partial charge in [-0.25, -0.2) is 9.98 Å². The lowest BCUT2D eigenvalue weighted by atomic mass is 10.1. The van der Waals surface area contributed by atoms with Crippen molar-refractivity contribution in [2.24, 2.45) is 10.7 Å². The second kappa shape index (κ2) is 4.64. The van der Waals surface area contributed by atoms with Gasteiger partial charge >= 0.3 is 0 Å². The van der Waals surface area contributed by atoms with Crippen molar-refractivity contribution < 1.29 is 5.11 Å². The molecule has 2 heterocycles. The molecule has 0 fully saturated rings. The molecule has 0 radical (unpaired) electrons. The molecule has 1 aliphatic heterocycles. The van der Waals surface area contributed by atoms with E-state index in [4.69, 9.17) is 17.3 Å². The van der Waals surface area contributed by atoms with Crippen LogP contribution in [0.5, 0.6) is 5.75 Å². The first-order valence-corrected chi connectivity index (χ1v) is 7.07. The molecule has 4 N–H and O–H groups in total. The number of nitrogens with two attached hydrogens (primary N) is 1. The van der Waals surface area contributed by atoms with Gasteiger partial charge in [-0.05, 0) is 29.8 Å². The molecular formula is C15H12ClN5O. The fourth-order valence-corrected chi connectivity index (χ4v) is 2.81. The number of aliphatic imine (C=N–C) groups is 1. The van der Waals surface area contributed by atoms with E-state index in [1.807, 2.05) is 28.8 Å². The summed E-state index contributed by atoms with van der Waals surface area (Å²) in [5.74, 6) is 0.951. The Hall–Kier alpha value is -2.73. The Kier molecular flexibility index (Phi) is 2.74. The molecule has 22 heavy (non-hydrogen) atoms. The van der Waals surface area contributed by atoms with Crippen LogP contribution in [0.1, 0.15) is 11.7 Å². The van der Waals surface area contributed by atoms with Gasteiger partial charge in [0.2, 0.25) is 5.95 Å². The number of benzene rings is 2. The van der Waals surface area contributed by atoms with E-state index in [1.54, 1.807) is 18.2 Å². The Morgan fingerprint density at radius 3 is 2.86 bits per heavy atom. The first-order chi connectivity index (χ1) is 10.6. The van der Waals surface area contributed by atoms with Crippen molar-refractivity contribution in [1.82, 2.24) is 9.55 Å². The predicted octanol–water partition coefficient (Wildman–Crippen LogP) is 2.68. The number of phenolic OH excluding ortho intramolecular Hbond substituents is 1. The molecule has 0 aliphatic carbocycles. The smallest absolute Gasteiger partial charge is 0.212 e. The Labute approximate surface area is 130 Å². The molecule has 1 aromatic heterocycles. The highest BCUT2D eigenvalue weighted by Crippen LogP contribution is 2.34. The summed E-state index contributed by atoms with van der Waals surface area (Å²) >= 11 is 6.02. The quantitative estimate of drug-likeness (QED) is 0.644. The molecule has 0 amide bonds. The lowest BCUT2D eigenvalue weighted by molar-refractivity contribution is 0.475. The average Bonchev–Trinajstić information content (AvgIpc) is 2.87. The minimum absolute atomic E-state index is 0.0343. The fourth-order valence-electron chi connectivity index (χ4n) is 2.62. The maximum atomic E-state index is 9.60. The number of hydrogen-bond donors (Lipinski definition) is 3. The monoisotopic (exact) mass is 313 g/mol. The van der Waals surface area contributed by atoms with Crippen molar-refractivity contribution >= 4 is 34.5 Å². The summed E-state index contributed by atoms with van der Waals surface area (Å²) in [5, 5.41) is 12.8. The van der Waals surface area contributed by atoms with Gasteiger partial charge in [-0.2, -0.15) is 0 Å². The zero-order valence-electron chi connectivity index (χ0n) is 11.4. The number of aromatic nitrogens is 2. The molecule has 6 nitrogen and oxygen atoms in total. The molecule has 3 aromatic rings. The van der Waals surface area contributed by atoms with E-state index in [2.05, 4.69) is 15.3 Å². The van der Waals surface area contributed by atoms with Gasteiger partial charge in [0.15, 0.2) is 12.1 Å². The van der Waals surface area contributed by atoms with Gasteiger partial charge in [0.25, 0.3) is 0 Å². The summed E-state index contributed by atoms with van der Waals surface area (Å²) in [7, 11) is 0. The first kappa shape index (κ1) is 13.0. The van der Waals surface area contributed by atoms with Crippen LogP contribution in [0.4, 0.5) is 5.95 Å². The maximum absolute atomic E-state index is 9.60. The Morgan fingerprint density at radius 1 is 1.23 bits per heavy atom. The highest BCUT2D eigenvalue weighted by Gasteiger charge is 2.25. The highest BCUT2D eigenvalue weighted by molar-refractivity contribution is 6.32. The van der Waals surface area contributed by atoms with E-state index in [0.29, 0.717) is 5.95 Å². The third-order valence-electron chi connectivity index (χ3n) is 3.61. The normalized spacial score (nSPS) is 17.0. The molecule has 110 valence electrons. The predicted molar refractivity (Wildman–Crippen MR) is 86.2 cm³/mol. The van der Waals surface area contributed by atoms with Gasteiger partial charge in [0.1, 0.15) is 5.75 Å². The van der Waals surface area contributed by atoms with E-state index < -0.39 is 0 Å². The van der Waals surface area contributed by atoms with Crippen LogP contribution >= 0.6 is 11.6 Å². The number of nitrogens with one attached hydrogen (secondary N) is 1. The molecule has 2 aromatic carbocycles. The summed E-state index contributed by atoms with van der Waals surface area (Å²) in [5.41, 5.74) is 8.48. The second-order valence-corrected chi connectivity index (χ2v) is 5.43. The minimum Gasteiger partial charge on any atom is -0.506 e. The standard InChI is InChI=1S/C15H12ClN5O/c16-9-7-8(5-6-12(9)22)13-19-14(17)20-15-18-10-3-1-2-4-11(10)21(13)15/h1-7,13,22H,(H3,17,18,19,20). The van der Waals surface area contributed by atoms with Crippen molar-refractivity contribution in [1.29, 1.82) is 0 Å². The minimum atomic E-state index is -0.387. The molecule has 1 aliphatic rings. The molecule has 1 unspecified atom stereocenters. The summed E-state index contributed by atoms with van der Waals surface area (Å²) in [6.45, 7) is 0. The van der Waals surface area contributed by atoms with E-state index in [1.165, 1.54) is 0 Å². The topological polar surface area (TPSA) is 88.5 Å². The van der Waals surface area contributed by atoms with Gasteiger partial charge in [-0.1, -0.05) is 29.8 Å². The van der Waals surface area contributed by atoms with Crippen molar-refractivity contribution in [3.05, 3.63) is 53.1 Å². The lowest BCUT2D eigenvalue weighted by Gasteiger charge is -2.24. The first-order valence-electron chi connectivity index (χ1n) is 6.69. The Bertz CT molecular complexity index is 917. The molecular weight excluding hydrogens is 302 g/mol. The Balaban J connectivity index is 1.96. The SMILES string of the molecule is NC1=NC(c2ccc(O)c(Cl)c2)n2c(nc3ccccc32)N1. The number of halogens is 1. The third kappa shape index (κ3) is 1.88. The molecule has 1 atom stereocenters. The van der Waals surface area contributed by atoms with Gasteiger partial charge in [0, 0.05) is 0 Å². The molecule has 0 saturated heterocycles. The van der Waals surface area contributed by atoms with E-state index in [-0.39, 0.29) is 22.9 Å². The summed E-state index contributed by atoms with van der Waals surface area (Å²) in [6, 6.07) is 12.8. The largest absolute Gasteiger partial charge is 0.506 e. The van der Waals surface area contributed by atoms with Crippen LogP contribution in [0.15, 0.2) is 47.5 Å². The number of guanidine groups is 1. The fraction of sp³-hybridized carbons (Fsp3) is 0.0667. The van der Waals surface area contributed by atoms with E-state index in [0.717, 1.165) is 16.6 Å². The number of phenols is 1. The van der Waals surface area contributed by atoms with Crippen molar-refractivity contribution in [3.63, 3.8) is 0 Å². The summed E-state index contributed by atoms with van der Waals surface area (Å²) in [4.78, 5) is 8.98. The summed E-state index contributed by atoms with van der Waals surface area (Å²) in [6.07, 6.45) is -0.387. The lowest BCUT2D eigenvalue weighted by Crippen LogP contribution is -2.31. The number of rotatable bonds is 1. The number of fused-ring (bicyclic) bond motifs is 3. The van der Waals surface area contributed by atoms with Crippen LogP contribution in [0, 0.1) is 0 Å². The number of hydrogen-bond acceptors (Lipinski definition) is 5. The van der Waals surface area contributed by atoms with E-state index in [9.17, 15) is 5.11 Å². The zero-order chi connectivity index (χ0) is 15.3. The molecule has 0 bridgehead atoms. The second-order valence-electron chi connectivity index (χ2n) is 5.02. The number of para-hydroxylation sites is 2. The van der Waals surface area contributed by atoms with Crippen LogP contribution < -0.4 is 11.1 Å². The molecule has 0 saturated carbocycles. The van der Waals surface area contributed by atoms with E-state index >= 15 is 0 Å². The van der Waals surface area contributed by atoms with Gasteiger partial charge < -0.3 is 10.8 Å². The van der Waals surface area contributed by atoms with Crippen LogP contribution in [-0.4, -0.2) is 20.6 Å². The number of anilines is 1. The molecule has 0 spiro atoms. The Morgan fingerprint density at radius 2 is 2.05 bits per heavy atom. The third-order valence-corrected chi connectivity index (χ3v) is 3.91. The molecule has 4 rings (SSSR count). The number of aromatic hydroxyl groups is 1. The van der Waals surface area contributed by atoms with Crippen LogP contribution in [0.2, 0.25) is 5.02 Å². The van der Waals surface area contributed by atoms with Gasteiger partial charge in [-0.15, -0.1) is 0 Å². The van der Waals surface area contributed by atoms with Crippen molar-refractivity contribution in [3.8, 4) is 5.75 Å². The molecule has 7 heteroatoms. The van der Waals surface area contributed by atoms with Crippen molar-refractivity contribution in [2.75, 3.05) is 5.32 Å². The zero-order valence-corrected chi connectivity index (χ0v) is 12.1. The number of imidazole rings is 1. The van der Waals surface area contributed by atoms with Crippen LogP contribution in [-0.2, 0) is 0 Å². The highest BCUT2D eigenvalue weighted by atomic mass is 35.5. The summed E-state index contributed by atoms with van der Waals surface area (Å²) < 4.78 is 1.95. The van der Waals surface area contributed by atoms with Crippen LogP contribution in [0.3, 0.4) is 0 Å². The van der Waals surface area contributed by atoms with Gasteiger partial charge in [-0.3, -0.25) is 9.88 Å². The van der Waals surface area contributed by atoms with Crippen molar-refractivity contribution in [2.45, 2.75) is 6.17 Å². The maximum Gasteiger partial charge on any atom is 0.212 e. The van der Waals surface area contributed by atoms with Gasteiger partial charge in [0.05, 0.1) is 16.1 Å². The van der Waals surface area contributed by atoms with Crippen LogP contribution in [0.25, 0.3) is 11.0 Å².